The third-order valence-electron chi connectivity index (χ3n) is 4.06. The van der Waals surface area contributed by atoms with E-state index in [9.17, 15) is 13.2 Å². The number of carboxylic acid groups (broad SMARTS) is 1. The highest BCUT2D eigenvalue weighted by molar-refractivity contribution is 7.89. The number of aliphatic carboxylic acids is 1. The summed E-state index contributed by atoms with van der Waals surface area (Å²) in [4.78, 5) is 11.3. The molecule has 1 aromatic carbocycles. The molecule has 0 amide bonds. The van der Waals surface area contributed by atoms with Gasteiger partial charge in [-0.25, -0.2) is 8.42 Å². The summed E-state index contributed by atoms with van der Waals surface area (Å²) in [5, 5.41) is 18.0. The fraction of sp³-hybridized carbons (Fsp3) is 0.467. The van der Waals surface area contributed by atoms with E-state index in [4.69, 9.17) is 10.4 Å². The summed E-state index contributed by atoms with van der Waals surface area (Å²) in [5.41, 5.74) is 0.884. The Morgan fingerprint density at radius 2 is 2.09 bits per heavy atom. The highest BCUT2D eigenvalue weighted by Gasteiger charge is 2.37. The molecule has 0 aliphatic carbocycles. The number of sulfonamides is 1. The Morgan fingerprint density at radius 1 is 1.41 bits per heavy atom. The van der Waals surface area contributed by atoms with Crippen molar-refractivity contribution in [3.8, 4) is 6.07 Å². The van der Waals surface area contributed by atoms with Gasteiger partial charge in [0.1, 0.15) is 0 Å². The van der Waals surface area contributed by atoms with Crippen LogP contribution in [0.15, 0.2) is 23.1 Å². The van der Waals surface area contributed by atoms with Crippen molar-refractivity contribution >= 4 is 16.0 Å². The normalized spacial score (nSPS) is 23.0. The Bertz CT molecular complexity index is 736. The Balaban J connectivity index is 2.41. The van der Waals surface area contributed by atoms with Crippen molar-refractivity contribution in [2.24, 2.45) is 5.92 Å². The lowest BCUT2D eigenvalue weighted by Crippen LogP contribution is -2.47. The molecule has 2 unspecified atom stereocenters. The third-order valence-corrected chi connectivity index (χ3v) is 6.21. The van der Waals surface area contributed by atoms with Crippen LogP contribution in [0.1, 0.15) is 30.9 Å². The topological polar surface area (TPSA) is 98.5 Å². The summed E-state index contributed by atoms with van der Waals surface area (Å²) in [6, 6.07) is 6.13. The van der Waals surface area contributed by atoms with Gasteiger partial charge in [0.25, 0.3) is 0 Å². The van der Waals surface area contributed by atoms with Crippen molar-refractivity contribution < 1.29 is 18.3 Å². The molecular weight excluding hydrogens is 304 g/mol. The van der Waals surface area contributed by atoms with Crippen LogP contribution in [-0.4, -0.2) is 36.4 Å². The van der Waals surface area contributed by atoms with Crippen LogP contribution < -0.4 is 0 Å². The van der Waals surface area contributed by atoms with E-state index in [-0.39, 0.29) is 17.5 Å². The maximum Gasteiger partial charge on any atom is 0.307 e. The number of carboxylic acids is 1. The van der Waals surface area contributed by atoms with Gasteiger partial charge >= 0.3 is 5.97 Å². The number of carbonyl (C=O) groups is 1. The molecule has 7 heteroatoms. The molecule has 22 heavy (non-hydrogen) atoms. The highest BCUT2D eigenvalue weighted by atomic mass is 32.2. The maximum absolute atomic E-state index is 12.8. The minimum absolute atomic E-state index is 0.0156. The van der Waals surface area contributed by atoms with E-state index < -0.39 is 21.9 Å². The average Bonchev–Trinajstić information content (AvgIpc) is 2.46. The smallest absolute Gasteiger partial charge is 0.307 e. The summed E-state index contributed by atoms with van der Waals surface area (Å²) in [7, 11) is -3.77. The first kappa shape index (κ1) is 16.5. The van der Waals surface area contributed by atoms with Crippen molar-refractivity contribution in [2.75, 3.05) is 6.54 Å². The lowest BCUT2D eigenvalue weighted by atomic mass is 9.96. The van der Waals surface area contributed by atoms with Gasteiger partial charge in [0.05, 0.1) is 22.4 Å². The minimum Gasteiger partial charge on any atom is -0.481 e. The fourth-order valence-corrected chi connectivity index (χ4v) is 4.66. The number of hydrogen-bond acceptors (Lipinski definition) is 4. The van der Waals surface area contributed by atoms with Gasteiger partial charge in [0, 0.05) is 12.6 Å². The molecule has 1 aliphatic rings. The summed E-state index contributed by atoms with van der Waals surface area (Å²) in [6.07, 6.45) is 1.00. The predicted molar refractivity (Wildman–Crippen MR) is 79.6 cm³/mol. The van der Waals surface area contributed by atoms with Crippen molar-refractivity contribution in [3.63, 3.8) is 0 Å². The number of aryl methyl sites for hydroxylation is 1. The number of piperidine rings is 1. The standard InChI is InChI=1S/C15H18N2O4S/c1-10-7-12(8-16)4-6-14(10)22(20,21)17-9-13(15(18)19)5-3-11(17)2/h4,6-7,11,13H,3,5,9H2,1-2H3,(H,18,19). The van der Waals surface area contributed by atoms with Crippen LogP contribution in [0, 0.1) is 24.2 Å². The number of benzene rings is 1. The monoisotopic (exact) mass is 322 g/mol. The van der Waals surface area contributed by atoms with E-state index in [0.717, 1.165) is 0 Å². The third kappa shape index (κ3) is 2.98. The Morgan fingerprint density at radius 3 is 2.64 bits per heavy atom. The van der Waals surface area contributed by atoms with Crippen molar-refractivity contribution in [1.29, 1.82) is 5.26 Å². The van der Waals surface area contributed by atoms with Crippen LogP contribution in [0.5, 0.6) is 0 Å². The minimum atomic E-state index is -3.77. The van der Waals surface area contributed by atoms with Gasteiger partial charge in [0.2, 0.25) is 10.0 Å². The molecule has 2 rings (SSSR count). The summed E-state index contributed by atoms with van der Waals surface area (Å²) >= 11 is 0. The molecule has 1 heterocycles. The predicted octanol–water partition coefficient (Wildman–Crippen LogP) is 1.74. The quantitative estimate of drug-likeness (QED) is 0.914. The molecule has 0 bridgehead atoms. The van der Waals surface area contributed by atoms with Gasteiger partial charge < -0.3 is 5.11 Å². The van der Waals surface area contributed by atoms with Crippen molar-refractivity contribution in [1.82, 2.24) is 4.31 Å². The highest BCUT2D eigenvalue weighted by Crippen LogP contribution is 2.29. The largest absolute Gasteiger partial charge is 0.481 e. The van der Waals surface area contributed by atoms with E-state index in [0.29, 0.717) is 24.0 Å². The average molecular weight is 322 g/mol. The number of nitrogens with zero attached hydrogens (tertiary/aromatic N) is 2. The molecule has 1 aromatic rings. The Hall–Kier alpha value is -1.91. The molecule has 1 fully saturated rings. The van der Waals surface area contributed by atoms with Crippen LogP contribution in [0.4, 0.5) is 0 Å². The van der Waals surface area contributed by atoms with Crippen LogP contribution in [0.2, 0.25) is 0 Å². The first-order chi connectivity index (χ1) is 10.3. The molecule has 1 N–H and O–H groups in total. The van der Waals surface area contributed by atoms with Crippen molar-refractivity contribution in [3.05, 3.63) is 29.3 Å². The molecule has 1 saturated heterocycles. The van der Waals surface area contributed by atoms with E-state index in [1.807, 2.05) is 6.07 Å². The van der Waals surface area contributed by atoms with Gasteiger partial charge in [-0.2, -0.15) is 9.57 Å². The zero-order valence-corrected chi connectivity index (χ0v) is 13.3. The molecule has 1 aliphatic heterocycles. The van der Waals surface area contributed by atoms with E-state index in [2.05, 4.69) is 0 Å². The van der Waals surface area contributed by atoms with Gasteiger partial charge in [-0.05, 0) is 50.5 Å². The maximum atomic E-state index is 12.8. The lowest BCUT2D eigenvalue weighted by molar-refractivity contribution is -0.143. The summed E-state index contributed by atoms with van der Waals surface area (Å²) in [5.74, 6) is -1.65. The lowest BCUT2D eigenvalue weighted by Gasteiger charge is -2.35. The Kier molecular flexibility index (Phi) is 4.54. The molecule has 2 atom stereocenters. The molecule has 0 spiro atoms. The number of hydrogen-bond donors (Lipinski definition) is 1. The second-order valence-electron chi connectivity index (χ2n) is 5.63. The molecule has 0 aromatic heterocycles. The molecule has 118 valence electrons. The molecule has 0 saturated carbocycles. The second-order valence-corrected chi connectivity index (χ2v) is 7.49. The van der Waals surface area contributed by atoms with Crippen LogP contribution in [0.25, 0.3) is 0 Å². The fourth-order valence-electron chi connectivity index (χ4n) is 2.75. The number of rotatable bonds is 3. The van der Waals surface area contributed by atoms with Gasteiger partial charge in [-0.1, -0.05) is 0 Å². The van der Waals surface area contributed by atoms with Crippen LogP contribution in [0.3, 0.4) is 0 Å². The Labute approximate surface area is 130 Å². The first-order valence-electron chi connectivity index (χ1n) is 7.02. The zero-order valence-electron chi connectivity index (χ0n) is 12.5. The zero-order chi connectivity index (χ0) is 16.5. The van der Waals surface area contributed by atoms with Gasteiger partial charge in [-0.3, -0.25) is 4.79 Å². The summed E-state index contributed by atoms with van der Waals surface area (Å²) in [6.45, 7) is 3.41. The van der Waals surface area contributed by atoms with Gasteiger partial charge in [0.15, 0.2) is 0 Å². The van der Waals surface area contributed by atoms with E-state index in [1.165, 1.54) is 22.5 Å². The molecule has 0 radical (unpaired) electrons. The van der Waals surface area contributed by atoms with E-state index >= 15 is 0 Å². The molecule has 6 nitrogen and oxygen atoms in total. The van der Waals surface area contributed by atoms with Crippen LogP contribution >= 0.6 is 0 Å². The second kappa shape index (κ2) is 6.07. The van der Waals surface area contributed by atoms with Crippen molar-refractivity contribution in [2.45, 2.75) is 37.6 Å². The van der Waals surface area contributed by atoms with Crippen LogP contribution in [-0.2, 0) is 14.8 Å². The SMILES string of the molecule is Cc1cc(C#N)ccc1S(=O)(=O)N1CC(C(=O)O)CCC1C. The first-order valence-corrected chi connectivity index (χ1v) is 8.46. The number of nitriles is 1. The van der Waals surface area contributed by atoms with E-state index in [1.54, 1.807) is 13.8 Å². The van der Waals surface area contributed by atoms with Gasteiger partial charge in [-0.15, -0.1) is 0 Å². The molecular formula is C15H18N2O4S. The summed E-state index contributed by atoms with van der Waals surface area (Å²) < 4.78 is 26.9.